The predicted molar refractivity (Wildman–Crippen MR) is 79.6 cm³/mol. The molecule has 1 aromatic heterocycles. The predicted octanol–water partition coefficient (Wildman–Crippen LogP) is 2.82. The molecule has 0 aliphatic heterocycles. The Balaban J connectivity index is 2.18. The molecule has 0 bridgehead atoms. The van der Waals surface area contributed by atoms with Crippen molar-refractivity contribution in [2.24, 2.45) is 5.92 Å². The Labute approximate surface area is 122 Å². The minimum absolute atomic E-state index is 0.548. The number of aryl methyl sites for hydroxylation is 1. The van der Waals surface area contributed by atoms with Crippen molar-refractivity contribution in [3.63, 3.8) is 0 Å². The molecule has 20 heavy (non-hydrogen) atoms. The molecule has 0 saturated heterocycles. The molecule has 0 aliphatic carbocycles. The molecule has 0 aromatic carbocycles. The summed E-state index contributed by atoms with van der Waals surface area (Å²) in [4.78, 5) is 4.04. The quantitative estimate of drug-likeness (QED) is 0.639. The first-order valence-corrected chi connectivity index (χ1v) is 7.74. The van der Waals surface area contributed by atoms with E-state index in [4.69, 9.17) is 9.26 Å². The molecule has 0 amide bonds. The van der Waals surface area contributed by atoms with Crippen LogP contribution in [0.25, 0.3) is 0 Å². The summed E-state index contributed by atoms with van der Waals surface area (Å²) in [7, 11) is 1.77. The zero-order valence-corrected chi connectivity index (χ0v) is 13.1. The summed E-state index contributed by atoms with van der Waals surface area (Å²) < 4.78 is 10.3. The highest BCUT2D eigenvalue weighted by molar-refractivity contribution is 4.75. The average molecular weight is 283 g/mol. The van der Waals surface area contributed by atoms with Crippen LogP contribution in [0.1, 0.15) is 51.8 Å². The highest BCUT2D eigenvalue weighted by Crippen LogP contribution is 2.10. The molecule has 0 unspecified atom stereocenters. The van der Waals surface area contributed by atoms with Gasteiger partial charge in [0.15, 0.2) is 6.33 Å². The van der Waals surface area contributed by atoms with E-state index >= 15 is 0 Å². The number of ether oxygens (including phenoxy) is 1. The van der Waals surface area contributed by atoms with Gasteiger partial charge in [-0.25, -0.2) is 0 Å². The molecule has 1 heterocycles. The number of hydrogen-bond acceptors (Lipinski definition) is 5. The molecule has 0 aliphatic rings. The lowest BCUT2D eigenvalue weighted by atomic mass is 10.0. The van der Waals surface area contributed by atoms with Crippen LogP contribution in [-0.4, -0.2) is 36.4 Å². The fraction of sp³-hybridized carbons (Fsp3) is 0.867. The maximum absolute atomic E-state index is 5.31. The molecule has 2 atom stereocenters. The highest BCUT2D eigenvalue weighted by atomic mass is 16.5. The van der Waals surface area contributed by atoms with Crippen molar-refractivity contribution in [2.45, 2.75) is 58.4 Å². The lowest BCUT2D eigenvalue weighted by Gasteiger charge is -2.20. The molecule has 1 rings (SSSR count). The van der Waals surface area contributed by atoms with Gasteiger partial charge >= 0.3 is 0 Å². The van der Waals surface area contributed by atoms with Gasteiger partial charge in [-0.15, -0.1) is 0 Å². The number of nitrogens with zero attached hydrogens (tertiary/aromatic N) is 2. The maximum Gasteiger partial charge on any atom is 0.226 e. The van der Waals surface area contributed by atoms with Crippen LogP contribution < -0.4 is 5.32 Å². The van der Waals surface area contributed by atoms with Crippen LogP contribution in [0.4, 0.5) is 0 Å². The molecule has 5 heteroatoms. The second kappa shape index (κ2) is 10.8. The summed E-state index contributed by atoms with van der Waals surface area (Å²) in [5, 5.41) is 7.24. The highest BCUT2D eigenvalue weighted by Gasteiger charge is 2.11. The zero-order valence-electron chi connectivity index (χ0n) is 13.1. The summed E-state index contributed by atoms with van der Waals surface area (Å²) in [5.74, 6) is 1.28. The van der Waals surface area contributed by atoms with E-state index < -0.39 is 0 Å². The van der Waals surface area contributed by atoms with E-state index in [0.29, 0.717) is 12.0 Å². The molecule has 116 valence electrons. The smallest absolute Gasteiger partial charge is 0.226 e. The van der Waals surface area contributed by atoms with Crippen molar-refractivity contribution in [3.05, 3.63) is 12.2 Å². The minimum atomic E-state index is 0.548. The van der Waals surface area contributed by atoms with Crippen molar-refractivity contribution in [3.8, 4) is 0 Å². The van der Waals surface area contributed by atoms with E-state index in [9.17, 15) is 0 Å². The van der Waals surface area contributed by atoms with Gasteiger partial charge in [-0.2, -0.15) is 4.98 Å². The topological polar surface area (TPSA) is 60.2 Å². The Kier molecular flexibility index (Phi) is 9.24. The number of unbranched alkanes of at least 4 members (excludes halogenated alkanes) is 1. The molecule has 1 aromatic rings. The second-order valence-electron chi connectivity index (χ2n) is 5.50. The molecule has 0 fully saturated rings. The molecular weight excluding hydrogens is 254 g/mol. The van der Waals surface area contributed by atoms with Crippen molar-refractivity contribution in [1.82, 2.24) is 15.5 Å². The van der Waals surface area contributed by atoms with E-state index in [1.165, 1.54) is 25.6 Å². The van der Waals surface area contributed by atoms with E-state index in [-0.39, 0.29) is 0 Å². The van der Waals surface area contributed by atoms with Crippen molar-refractivity contribution in [1.29, 1.82) is 0 Å². The number of rotatable bonds is 12. The fourth-order valence-electron chi connectivity index (χ4n) is 2.31. The van der Waals surface area contributed by atoms with Gasteiger partial charge in [-0.05, 0) is 32.1 Å². The third-order valence-electron chi connectivity index (χ3n) is 3.56. The van der Waals surface area contributed by atoms with E-state index in [2.05, 4.69) is 29.3 Å². The fourth-order valence-corrected chi connectivity index (χ4v) is 2.31. The second-order valence-corrected chi connectivity index (χ2v) is 5.50. The standard InChI is InChI=1S/C15H29N3O2/c1-4-5-7-13(2)16-10-14(11-19-3)8-6-9-15-17-12-18-20-15/h12-14,16H,4-11H2,1-3H3/t13-,14-/m0/s1. The van der Waals surface area contributed by atoms with Gasteiger partial charge in [-0.1, -0.05) is 24.9 Å². The van der Waals surface area contributed by atoms with Crippen LogP contribution in [0.15, 0.2) is 10.9 Å². The van der Waals surface area contributed by atoms with Crippen LogP contribution in [0.5, 0.6) is 0 Å². The van der Waals surface area contributed by atoms with E-state index in [0.717, 1.165) is 38.3 Å². The Hall–Kier alpha value is -0.940. The SMILES string of the molecule is CCCC[C@H](C)NC[C@H](CCCc1ncno1)COC. The molecule has 5 nitrogen and oxygen atoms in total. The monoisotopic (exact) mass is 283 g/mol. The largest absolute Gasteiger partial charge is 0.384 e. The average Bonchev–Trinajstić information content (AvgIpc) is 2.95. The minimum Gasteiger partial charge on any atom is -0.384 e. The Morgan fingerprint density at radius 3 is 2.85 bits per heavy atom. The Morgan fingerprint density at radius 1 is 1.35 bits per heavy atom. The number of nitrogens with one attached hydrogen (secondary N) is 1. The first-order valence-electron chi connectivity index (χ1n) is 7.74. The van der Waals surface area contributed by atoms with Crippen LogP contribution in [0.3, 0.4) is 0 Å². The summed E-state index contributed by atoms with van der Waals surface area (Å²) in [5.41, 5.74) is 0. The lowest BCUT2D eigenvalue weighted by Crippen LogP contribution is -2.32. The van der Waals surface area contributed by atoms with E-state index in [1.807, 2.05) is 0 Å². The van der Waals surface area contributed by atoms with Gasteiger partial charge in [0, 0.05) is 26.1 Å². The zero-order chi connectivity index (χ0) is 14.6. The normalized spacial score (nSPS) is 14.3. The lowest BCUT2D eigenvalue weighted by molar-refractivity contribution is 0.143. The van der Waals surface area contributed by atoms with Gasteiger partial charge in [0.05, 0.1) is 6.61 Å². The van der Waals surface area contributed by atoms with Crippen LogP contribution in [-0.2, 0) is 11.2 Å². The third-order valence-corrected chi connectivity index (χ3v) is 3.56. The van der Waals surface area contributed by atoms with Gasteiger partial charge in [0.1, 0.15) is 0 Å². The van der Waals surface area contributed by atoms with E-state index in [1.54, 1.807) is 7.11 Å². The van der Waals surface area contributed by atoms with Gasteiger partial charge < -0.3 is 14.6 Å². The summed E-state index contributed by atoms with van der Waals surface area (Å²) in [6, 6.07) is 0.588. The number of hydrogen-bond donors (Lipinski definition) is 1. The molecule has 1 N–H and O–H groups in total. The summed E-state index contributed by atoms with van der Waals surface area (Å²) in [6.07, 6.45) is 8.28. The van der Waals surface area contributed by atoms with Crippen LogP contribution in [0, 0.1) is 5.92 Å². The van der Waals surface area contributed by atoms with Crippen molar-refractivity contribution < 1.29 is 9.26 Å². The van der Waals surface area contributed by atoms with Crippen molar-refractivity contribution >= 4 is 0 Å². The van der Waals surface area contributed by atoms with Crippen LogP contribution in [0.2, 0.25) is 0 Å². The van der Waals surface area contributed by atoms with Gasteiger partial charge in [-0.3, -0.25) is 0 Å². The maximum atomic E-state index is 5.31. The molecule has 0 spiro atoms. The van der Waals surface area contributed by atoms with Crippen molar-refractivity contribution in [2.75, 3.05) is 20.3 Å². The first-order chi connectivity index (χ1) is 9.76. The van der Waals surface area contributed by atoms with Crippen LogP contribution >= 0.6 is 0 Å². The number of methoxy groups -OCH3 is 1. The summed E-state index contributed by atoms with van der Waals surface area (Å²) in [6.45, 7) is 6.32. The molecule has 0 radical (unpaired) electrons. The number of aromatic nitrogens is 2. The molecule has 0 saturated carbocycles. The van der Waals surface area contributed by atoms with Gasteiger partial charge in [0.2, 0.25) is 5.89 Å². The van der Waals surface area contributed by atoms with Gasteiger partial charge in [0.25, 0.3) is 0 Å². The Bertz CT molecular complexity index is 317. The molecular formula is C15H29N3O2. The third kappa shape index (κ3) is 7.60. The Morgan fingerprint density at radius 2 is 2.20 bits per heavy atom. The summed E-state index contributed by atoms with van der Waals surface area (Å²) >= 11 is 0. The first kappa shape index (κ1) is 17.1.